The van der Waals surface area contributed by atoms with Crippen molar-refractivity contribution in [2.24, 2.45) is 0 Å². The first-order valence-corrected chi connectivity index (χ1v) is 4.73. The average molecular weight is 208 g/mol. The molecule has 1 aromatic carbocycles. The summed E-state index contributed by atoms with van der Waals surface area (Å²) in [6, 6.07) is 5.50. The van der Waals surface area contributed by atoms with E-state index in [1.807, 2.05) is 26.0 Å². The van der Waals surface area contributed by atoms with Crippen LogP contribution < -0.4 is 0 Å². The van der Waals surface area contributed by atoms with Crippen LogP contribution in [0.5, 0.6) is 5.75 Å². The van der Waals surface area contributed by atoms with E-state index in [1.54, 1.807) is 6.07 Å². The molecule has 0 spiro atoms. The number of hydrogen-bond acceptors (Lipinski definition) is 2. The fraction of sp³-hybridized carbons (Fsp3) is 0.182. The number of aromatic hydroxyl groups is 1. The number of fused-ring (bicyclic) bond motifs is 1. The molecule has 0 saturated heterocycles. The second kappa shape index (κ2) is 3.14. The normalized spacial score (nSPS) is 10.8. The Hall–Kier alpha value is -1.28. The number of pyridine rings is 1. The highest BCUT2D eigenvalue weighted by atomic mass is 35.5. The number of nitrogens with zero attached hydrogens (tertiary/aromatic N) is 1. The van der Waals surface area contributed by atoms with Crippen LogP contribution in [0.4, 0.5) is 0 Å². The standard InChI is InChI=1S/C11H10ClNO/c1-6-5-9(12)8-4-3-7(2)13-10(8)11(6)14/h3-5,14H,1-2H3. The largest absolute Gasteiger partial charge is 0.505 e. The first kappa shape index (κ1) is 9.28. The van der Waals surface area contributed by atoms with Crippen molar-refractivity contribution in [1.82, 2.24) is 4.98 Å². The van der Waals surface area contributed by atoms with Gasteiger partial charge in [0.2, 0.25) is 0 Å². The predicted molar refractivity (Wildman–Crippen MR) is 57.9 cm³/mol. The molecule has 0 aliphatic carbocycles. The van der Waals surface area contributed by atoms with Crippen molar-refractivity contribution >= 4 is 22.5 Å². The summed E-state index contributed by atoms with van der Waals surface area (Å²) in [4.78, 5) is 4.26. The highest BCUT2D eigenvalue weighted by Crippen LogP contribution is 2.32. The Kier molecular flexibility index (Phi) is 2.08. The number of phenolic OH excluding ortho intramolecular Hbond substituents is 1. The molecule has 3 heteroatoms. The molecule has 0 aliphatic rings. The summed E-state index contributed by atoms with van der Waals surface area (Å²) in [6.07, 6.45) is 0. The first-order chi connectivity index (χ1) is 6.59. The summed E-state index contributed by atoms with van der Waals surface area (Å²) < 4.78 is 0. The lowest BCUT2D eigenvalue weighted by Crippen LogP contribution is -1.86. The summed E-state index contributed by atoms with van der Waals surface area (Å²) in [6.45, 7) is 3.69. The first-order valence-electron chi connectivity index (χ1n) is 4.35. The van der Waals surface area contributed by atoms with E-state index in [1.165, 1.54) is 0 Å². The molecule has 0 aliphatic heterocycles. The molecule has 72 valence electrons. The maximum Gasteiger partial charge on any atom is 0.144 e. The van der Waals surface area contributed by atoms with Gasteiger partial charge >= 0.3 is 0 Å². The Morgan fingerprint density at radius 3 is 2.71 bits per heavy atom. The van der Waals surface area contributed by atoms with Crippen LogP contribution in [0.15, 0.2) is 18.2 Å². The van der Waals surface area contributed by atoms with E-state index in [2.05, 4.69) is 4.98 Å². The minimum atomic E-state index is 0.216. The van der Waals surface area contributed by atoms with E-state index in [0.717, 1.165) is 16.6 Å². The second-order valence-corrected chi connectivity index (χ2v) is 3.78. The molecule has 0 radical (unpaired) electrons. The Morgan fingerprint density at radius 1 is 1.29 bits per heavy atom. The SMILES string of the molecule is Cc1ccc2c(Cl)cc(C)c(O)c2n1. The summed E-state index contributed by atoms with van der Waals surface area (Å²) in [5, 5.41) is 11.2. The summed E-state index contributed by atoms with van der Waals surface area (Å²) >= 11 is 6.04. The maximum absolute atomic E-state index is 9.79. The fourth-order valence-electron chi connectivity index (χ4n) is 1.45. The zero-order valence-electron chi connectivity index (χ0n) is 8.00. The second-order valence-electron chi connectivity index (χ2n) is 3.37. The van der Waals surface area contributed by atoms with Crippen molar-refractivity contribution in [2.75, 3.05) is 0 Å². The molecule has 1 N–H and O–H groups in total. The zero-order chi connectivity index (χ0) is 10.3. The molecule has 0 atom stereocenters. The van der Waals surface area contributed by atoms with Crippen LogP contribution in [0.1, 0.15) is 11.3 Å². The molecular weight excluding hydrogens is 198 g/mol. The topological polar surface area (TPSA) is 33.1 Å². The molecule has 2 rings (SSSR count). The van der Waals surface area contributed by atoms with Crippen LogP contribution in [0.2, 0.25) is 5.02 Å². The van der Waals surface area contributed by atoms with Crippen LogP contribution >= 0.6 is 11.6 Å². The molecule has 0 fully saturated rings. The highest BCUT2D eigenvalue weighted by Gasteiger charge is 2.08. The molecule has 2 nitrogen and oxygen atoms in total. The van der Waals surface area contributed by atoms with Gasteiger partial charge in [-0.3, -0.25) is 0 Å². The number of benzene rings is 1. The van der Waals surface area contributed by atoms with Crippen LogP contribution in [-0.2, 0) is 0 Å². The third kappa shape index (κ3) is 1.32. The molecule has 0 amide bonds. The average Bonchev–Trinajstić information content (AvgIpc) is 2.14. The molecular formula is C11H10ClNO. The summed E-state index contributed by atoms with van der Waals surface area (Å²) in [7, 11) is 0. The van der Waals surface area contributed by atoms with E-state index >= 15 is 0 Å². The number of aryl methyl sites for hydroxylation is 2. The van der Waals surface area contributed by atoms with Gasteiger partial charge in [0, 0.05) is 11.1 Å². The van der Waals surface area contributed by atoms with Gasteiger partial charge in [0.1, 0.15) is 11.3 Å². The molecule has 0 bridgehead atoms. The lowest BCUT2D eigenvalue weighted by atomic mass is 10.1. The maximum atomic E-state index is 9.79. The Bertz CT molecular complexity index is 508. The van der Waals surface area contributed by atoms with Gasteiger partial charge < -0.3 is 5.11 Å². The van der Waals surface area contributed by atoms with Crippen molar-refractivity contribution in [3.8, 4) is 5.75 Å². The van der Waals surface area contributed by atoms with Gasteiger partial charge in [-0.1, -0.05) is 11.6 Å². The van der Waals surface area contributed by atoms with E-state index in [0.29, 0.717) is 10.5 Å². The molecule has 0 unspecified atom stereocenters. The van der Waals surface area contributed by atoms with E-state index in [4.69, 9.17) is 11.6 Å². The number of hydrogen-bond donors (Lipinski definition) is 1. The number of halogens is 1. The number of rotatable bonds is 0. The smallest absolute Gasteiger partial charge is 0.144 e. The number of aromatic nitrogens is 1. The van der Waals surface area contributed by atoms with E-state index in [-0.39, 0.29) is 5.75 Å². The van der Waals surface area contributed by atoms with Gasteiger partial charge in [0.15, 0.2) is 0 Å². The van der Waals surface area contributed by atoms with Crippen molar-refractivity contribution in [1.29, 1.82) is 0 Å². The van der Waals surface area contributed by atoms with Gasteiger partial charge in [0.25, 0.3) is 0 Å². The van der Waals surface area contributed by atoms with Crippen LogP contribution in [0.25, 0.3) is 10.9 Å². The Labute approximate surface area is 87.2 Å². The van der Waals surface area contributed by atoms with E-state index < -0.39 is 0 Å². The third-order valence-electron chi connectivity index (χ3n) is 2.23. The monoisotopic (exact) mass is 207 g/mol. The summed E-state index contributed by atoms with van der Waals surface area (Å²) in [5.41, 5.74) is 2.20. The molecule has 2 aromatic rings. The lowest BCUT2D eigenvalue weighted by Gasteiger charge is -2.06. The van der Waals surface area contributed by atoms with Crippen molar-refractivity contribution in [3.05, 3.63) is 34.5 Å². The van der Waals surface area contributed by atoms with Gasteiger partial charge in [-0.05, 0) is 37.6 Å². The fourth-order valence-corrected chi connectivity index (χ4v) is 1.77. The van der Waals surface area contributed by atoms with Gasteiger partial charge in [0.05, 0.1) is 5.02 Å². The van der Waals surface area contributed by atoms with Crippen molar-refractivity contribution < 1.29 is 5.11 Å². The zero-order valence-corrected chi connectivity index (χ0v) is 8.76. The lowest BCUT2D eigenvalue weighted by molar-refractivity contribution is 0.476. The van der Waals surface area contributed by atoms with Gasteiger partial charge in [-0.15, -0.1) is 0 Å². The number of phenols is 1. The van der Waals surface area contributed by atoms with Crippen LogP contribution in [0.3, 0.4) is 0 Å². The van der Waals surface area contributed by atoms with Crippen molar-refractivity contribution in [3.63, 3.8) is 0 Å². The van der Waals surface area contributed by atoms with Crippen LogP contribution in [0, 0.1) is 13.8 Å². The molecule has 1 heterocycles. The molecule has 14 heavy (non-hydrogen) atoms. The minimum Gasteiger partial charge on any atom is -0.505 e. The third-order valence-corrected chi connectivity index (χ3v) is 2.55. The predicted octanol–water partition coefficient (Wildman–Crippen LogP) is 3.21. The quantitative estimate of drug-likeness (QED) is 0.720. The molecule has 1 aromatic heterocycles. The Morgan fingerprint density at radius 2 is 2.00 bits per heavy atom. The highest BCUT2D eigenvalue weighted by molar-refractivity contribution is 6.35. The van der Waals surface area contributed by atoms with Gasteiger partial charge in [-0.2, -0.15) is 0 Å². The molecule has 0 saturated carbocycles. The van der Waals surface area contributed by atoms with E-state index in [9.17, 15) is 5.11 Å². The van der Waals surface area contributed by atoms with Crippen LogP contribution in [-0.4, -0.2) is 10.1 Å². The summed E-state index contributed by atoms with van der Waals surface area (Å²) in [5.74, 6) is 0.216. The van der Waals surface area contributed by atoms with Gasteiger partial charge in [-0.25, -0.2) is 4.98 Å². The van der Waals surface area contributed by atoms with Crippen molar-refractivity contribution in [2.45, 2.75) is 13.8 Å². The minimum absolute atomic E-state index is 0.216. The Balaban J connectivity index is 2.95.